The molecule has 0 bridgehead atoms. The maximum absolute atomic E-state index is 12.8. The molecule has 0 saturated carbocycles. The van der Waals surface area contributed by atoms with Gasteiger partial charge in [0.15, 0.2) is 5.65 Å². The summed E-state index contributed by atoms with van der Waals surface area (Å²) in [5.41, 5.74) is 1.20. The predicted octanol–water partition coefficient (Wildman–Crippen LogP) is 0.701. The van der Waals surface area contributed by atoms with Crippen LogP contribution in [0.3, 0.4) is 0 Å². The molecule has 0 atom stereocenters. The van der Waals surface area contributed by atoms with Crippen molar-refractivity contribution >= 4 is 22.8 Å². The molecule has 0 aliphatic carbocycles. The van der Waals surface area contributed by atoms with Crippen LogP contribution in [0, 0.1) is 6.92 Å². The van der Waals surface area contributed by atoms with Crippen LogP contribution in [0.5, 0.6) is 0 Å². The molecular weight excluding hydrogens is 384 g/mol. The molecule has 0 unspecified atom stereocenters. The second-order valence-corrected chi connectivity index (χ2v) is 7.93. The second-order valence-electron chi connectivity index (χ2n) is 7.93. The van der Waals surface area contributed by atoms with Gasteiger partial charge in [-0.1, -0.05) is 13.8 Å². The van der Waals surface area contributed by atoms with Gasteiger partial charge in [-0.25, -0.2) is 15.0 Å². The van der Waals surface area contributed by atoms with E-state index < -0.39 is 0 Å². The van der Waals surface area contributed by atoms with Gasteiger partial charge < -0.3 is 9.80 Å². The molecule has 158 valence electrons. The zero-order valence-corrected chi connectivity index (χ0v) is 17.7. The molecular formula is C20H26N8O2. The highest BCUT2D eigenvalue weighted by atomic mass is 16.2. The number of anilines is 1. The summed E-state index contributed by atoms with van der Waals surface area (Å²) in [4.78, 5) is 42.8. The van der Waals surface area contributed by atoms with Crippen LogP contribution < -0.4 is 10.5 Å². The highest BCUT2D eigenvalue weighted by Gasteiger charge is 2.23. The third-order valence-electron chi connectivity index (χ3n) is 5.35. The molecule has 1 fully saturated rings. The molecule has 3 aromatic rings. The lowest BCUT2D eigenvalue weighted by atomic mass is 10.2. The fourth-order valence-corrected chi connectivity index (χ4v) is 3.60. The molecule has 10 heteroatoms. The van der Waals surface area contributed by atoms with Gasteiger partial charge in [0.05, 0.1) is 6.20 Å². The van der Waals surface area contributed by atoms with Crippen LogP contribution in [0.1, 0.15) is 31.3 Å². The van der Waals surface area contributed by atoms with Gasteiger partial charge in [-0.3, -0.25) is 18.8 Å². The number of rotatable bonds is 4. The van der Waals surface area contributed by atoms with Crippen molar-refractivity contribution < 1.29 is 4.79 Å². The van der Waals surface area contributed by atoms with Crippen molar-refractivity contribution in [2.75, 3.05) is 31.1 Å². The maximum Gasteiger partial charge on any atom is 0.264 e. The molecule has 1 aliphatic rings. The minimum Gasteiger partial charge on any atom is -0.353 e. The first-order valence-electron chi connectivity index (χ1n) is 10.1. The molecule has 0 aromatic carbocycles. The van der Waals surface area contributed by atoms with E-state index in [-0.39, 0.29) is 23.9 Å². The van der Waals surface area contributed by atoms with E-state index in [9.17, 15) is 9.59 Å². The molecule has 0 N–H and O–H groups in total. The first-order chi connectivity index (χ1) is 14.3. The van der Waals surface area contributed by atoms with E-state index in [4.69, 9.17) is 0 Å². The number of carbonyl (C=O) groups excluding carboxylic acids is 1. The predicted molar refractivity (Wildman–Crippen MR) is 112 cm³/mol. The number of carbonyl (C=O) groups is 1. The SMILES string of the molecule is Cc1cc(N2CCN(C(=O)Cn3cnc4c(cnn4C)c3=O)CC2)nc(C(C)C)n1. The molecule has 30 heavy (non-hydrogen) atoms. The third-order valence-corrected chi connectivity index (χ3v) is 5.35. The first-order valence-corrected chi connectivity index (χ1v) is 10.1. The minimum atomic E-state index is -0.252. The molecule has 3 aromatic heterocycles. The molecule has 1 amide bonds. The smallest absolute Gasteiger partial charge is 0.264 e. The highest BCUT2D eigenvalue weighted by Crippen LogP contribution is 2.18. The summed E-state index contributed by atoms with van der Waals surface area (Å²) in [5.74, 6) is 1.90. The highest BCUT2D eigenvalue weighted by molar-refractivity contribution is 5.77. The fourth-order valence-electron chi connectivity index (χ4n) is 3.60. The van der Waals surface area contributed by atoms with E-state index in [0.29, 0.717) is 37.2 Å². The Morgan fingerprint density at radius 3 is 2.60 bits per heavy atom. The number of fused-ring (bicyclic) bond motifs is 1. The van der Waals surface area contributed by atoms with E-state index in [1.165, 1.54) is 17.1 Å². The Labute approximate surface area is 174 Å². The lowest BCUT2D eigenvalue weighted by Gasteiger charge is -2.35. The maximum atomic E-state index is 12.8. The van der Waals surface area contributed by atoms with E-state index in [2.05, 4.69) is 38.8 Å². The lowest BCUT2D eigenvalue weighted by molar-refractivity contribution is -0.132. The van der Waals surface area contributed by atoms with Gasteiger partial charge in [-0.2, -0.15) is 5.10 Å². The van der Waals surface area contributed by atoms with Crippen LogP contribution in [0.15, 0.2) is 23.4 Å². The third kappa shape index (κ3) is 3.77. The van der Waals surface area contributed by atoms with Crippen LogP contribution in [0.4, 0.5) is 5.82 Å². The number of piperazine rings is 1. The quantitative estimate of drug-likeness (QED) is 0.624. The molecule has 4 heterocycles. The second kappa shape index (κ2) is 7.85. The molecule has 10 nitrogen and oxygen atoms in total. The molecule has 0 spiro atoms. The van der Waals surface area contributed by atoms with Crippen LogP contribution >= 0.6 is 0 Å². The minimum absolute atomic E-state index is 0.0270. The van der Waals surface area contributed by atoms with Crippen LogP contribution in [-0.4, -0.2) is 66.3 Å². The monoisotopic (exact) mass is 410 g/mol. The average molecular weight is 410 g/mol. The van der Waals surface area contributed by atoms with Crippen molar-refractivity contribution in [2.24, 2.45) is 7.05 Å². The van der Waals surface area contributed by atoms with Gasteiger partial charge in [0.25, 0.3) is 5.56 Å². The van der Waals surface area contributed by atoms with Crippen LogP contribution in [-0.2, 0) is 18.4 Å². The van der Waals surface area contributed by atoms with Crippen molar-refractivity contribution in [3.05, 3.63) is 40.5 Å². The summed E-state index contributed by atoms with van der Waals surface area (Å²) in [6.07, 6.45) is 2.90. The number of amides is 1. The van der Waals surface area contributed by atoms with Gasteiger partial charge in [0, 0.05) is 50.9 Å². The van der Waals surface area contributed by atoms with E-state index >= 15 is 0 Å². The Hall–Kier alpha value is -3.30. The Kier molecular flexibility index (Phi) is 5.23. The van der Waals surface area contributed by atoms with Crippen LogP contribution in [0.2, 0.25) is 0 Å². The van der Waals surface area contributed by atoms with Crippen molar-refractivity contribution in [3.63, 3.8) is 0 Å². The number of aromatic nitrogens is 6. The van der Waals surface area contributed by atoms with Crippen LogP contribution in [0.25, 0.3) is 11.0 Å². The summed E-state index contributed by atoms with van der Waals surface area (Å²) in [6, 6.07) is 1.98. The zero-order valence-electron chi connectivity index (χ0n) is 17.7. The summed E-state index contributed by atoms with van der Waals surface area (Å²) in [7, 11) is 1.73. The van der Waals surface area contributed by atoms with E-state index in [1.54, 1.807) is 16.6 Å². The van der Waals surface area contributed by atoms with Crippen molar-refractivity contribution in [1.29, 1.82) is 0 Å². The number of hydrogen-bond acceptors (Lipinski definition) is 7. The Morgan fingerprint density at radius 2 is 1.90 bits per heavy atom. The molecule has 1 aliphatic heterocycles. The lowest BCUT2D eigenvalue weighted by Crippen LogP contribution is -2.50. The van der Waals surface area contributed by atoms with Crippen molar-refractivity contribution in [2.45, 2.75) is 33.2 Å². The fraction of sp³-hybridized carbons (Fsp3) is 0.500. The van der Waals surface area contributed by atoms with Gasteiger partial charge in [0.1, 0.15) is 29.9 Å². The largest absolute Gasteiger partial charge is 0.353 e. The van der Waals surface area contributed by atoms with Crippen molar-refractivity contribution in [1.82, 2.24) is 34.2 Å². The topological polar surface area (TPSA) is 102 Å². The van der Waals surface area contributed by atoms with Gasteiger partial charge >= 0.3 is 0 Å². The number of aryl methyl sites for hydroxylation is 2. The standard InChI is InChI=1S/C20H26N8O2/c1-13(2)18-23-14(3)9-16(24-18)26-5-7-27(8-6-26)17(29)11-28-12-21-19-15(20(28)30)10-22-25(19)4/h9-10,12-13H,5-8,11H2,1-4H3. The summed E-state index contributed by atoms with van der Waals surface area (Å²) >= 11 is 0. The Morgan fingerprint density at radius 1 is 1.17 bits per heavy atom. The van der Waals surface area contributed by atoms with Gasteiger partial charge in [-0.15, -0.1) is 0 Å². The van der Waals surface area contributed by atoms with E-state index in [0.717, 1.165) is 17.3 Å². The molecule has 1 saturated heterocycles. The summed E-state index contributed by atoms with van der Waals surface area (Å²) < 4.78 is 2.89. The number of nitrogens with zero attached hydrogens (tertiary/aromatic N) is 8. The Balaban J connectivity index is 1.43. The Bertz CT molecular complexity index is 1140. The van der Waals surface area contributed by atoms with Crippen molar-refractivity contribution in [3.8, 4) is 0 Å². The van der Waals surface area contributed by atoms with E-state index in [1.807, 2.05) is 13.0 Å². The average Bonchev–Trinajstić information content (AvgIpc) is 3.11. The number of hydrogen-bond donors (Lipinski definition) is 0. The normalized spacial score (nSPS) is 14.7. The van der Waals surface area contributed by atoms with Gasteiger partial charge in [-0.05, 0) is 6.92 Å². The first kappa shape index (κ1) is 20.0. The van der Waals surface area contributed by atoms with Gasteiger partial charge in [0.2, 0.25) is 5.91 Å². The summed E-state index contributed by atoms with van der Waals surface area (Å²) in [6.45, 7) is 8.64. The molecule has 4 rings (SSSR count). The molecule has 0 radical (unpaired) electrons. The summed E-state index contributed by atoms with van der Waals surface area (Å²) in [5, 5.41) is 4.47. The zero-order chi connectivity index (χ0) is 21.4.